The third-order valence-corrected chi connectivity index (χ3v) is 5.83. The molecule has 2 saturated heterocycles. The molecule has 28 heavy (non-hydrogen) atoms. The zero-order valence-electron chi connectivity index (χ0n) is 16.0. The second-order valence-electron chi connectivity index (χ2n) is 7.46. The molecule has 3 aromatic rings. The third kappa shape index (κ3) is 2.43. The van der Waals surface area contributed by atoms with Crippen molar-refractivity contribution < 1.29 is 19.7 Å². The summed E-state index contributed by atoms with van der Waals surface area (Å²) in [5.74, 6) is 0.538. The van der Waals surface area contributed by atoms with Crippen LogP contribution < -0.4 is 9.64 Å². The number of ether oxygens (including phenoxy) is 2. The van der Waals surface area contributed by atoms with E-state index >= 15 is 0 Å². The molecule has 0 atom stereocenters. The van der Waals surface area contributed by atoms with Crippen molar-refractivity contribution in [3.05, 3.63) is 29.8 Å². The number of aromatic nitrogens is 2. The fourth-order valence-electron chi connectivity index (χ4n) is 3.90. The van der Waals surface area contributed by atoms with Crippen molar-refractivity contribution in [1.29, 1.82) is 0 Å². The van der Waals surface area contributed by atoms with E-state index in [-0.39, 0.29) is 23.3 Å². The van der Waals surface area contributed by atoms with Gasteiger partial charge in [-0.2, -0.15) is 0 Å². The van der Waals surface area contributed by atoms with Gasteiger partial charge in [0.2, 0.25) is 5.75 Å². The van der Waals surface area contributed by atoms with Gasteiger partial charge < -0.3 is 29.2 Å². The van der Waals surface area contributed by atoms with Crippen molar-refractivity contribution in [1.82, 2.24) is 9.55 Å². The Morgan fingerprint density at radius 3 is 2.54 bits per heavy atom. The Balaban J connectivity index is 1.74. The summed E-state index contributed by atoms with van der Waals surface area (Å²) >= 11 is 0. The Hall–Kier alpha value is -2.93. The SMILES string of the molecule is COc1cc(-c2nc3ccc(N4CCC4)cc3n2C2COC2)c(C)c(O)c1O. The molecule has 0 saturated carbocycles. The molecular weight excluding hydrogens is 358 g/mol. The van der Waals surface area contributed by atoms with Crippen LogP contribution in [0.25, 0.3) is 22.4 Å². The van der Waals surface area contributed by atoms with E-state index in [1.807, 2.05) is 0 Å². The molecule has 0 radical (unpaired) electrons. The molecule has 2 aromatic carbocycles. The van der Waals surface area contributed by atoms with Gasteiger partial charge in [0.05, 0.1) is 37.4 Å². The maximum absolute atomic E-state index is 10.4. The molecule has 2 fully saturated rings. The molecule has 7 heteroatoms. The zero-order chi connectivity index (χ0) is 19.4. The van der Waals surface area contributed by atoms with Crippen molar-refractivity contribution >= 4 is 16.7 Å². The molecule has 2 aliphatic rings. The number of aromatic hydroxyl groups is 2. The fraction of sp³-hybridized carbons (Fsp3) is 0.381. The molecule has 1 aromatic heterocycles. The number of hydrogen-bond acceptors (Lipinski definition) is 6. The number of fused-ring (bicyclic) bond motifs is 1. The molecule has 5 rings (SSSR count). The van der Waals surface area contributed by atoms with E-state index in [2.05, 4.69) is 27.7 Å². The highest BCUT2D eigenvalue weighted by atomic mass is 16.5. The first-order chi connectivity index (χ1) is 13.6. The molecule has 0 spiro atoms. The number of hydrogen-bond donors (Lipinski definition) is 2. The number of methoxy groups -OCH3 is 1. The number of anilines is 1. The summed E-state index contributed by atoms with van der Waals surface area (Å²) < 4.78 is 12.9. The molecule has 7 nitrogen and oxygen atoms in total. The lowest BCUT2D eigenvalue weighted by Crippen LogP contribution is -2.37. The molecule has 2 aliphatic heterocycles. The first kappa shape index (κ1) is 17.2. The van der Waals surface area contributed by atoms with Crippen molar-refractivity contribution in [3.63, 3.8) is 0 Å². The fourth-order valence-corrected chi connectivity index (χ4v) is 3.90. The monoisotopic (exact) mass is 381 g/mol. The second-order valence-corrected chi connectivity index (χ2v) is 7.46. The predicted molar refractivity (Wildman–Crippen MR) is 106 cm³/mol. The lowest BCUT2D eigenvalue weighted by molar-refractivity contribution is -0.0209. The van der Waals surface area contributed by atoms with Crippen molar-refractivity contribution in [2.75, 3.05) is 38.3 Å². The van der Waals surface area contributed by atoms with E-state index in [0.717, 1.165) is 35.5 Å². The molecule has 146 valence electrons. The molecular formula is C21H23N3O4. The van der Waals surface area contributed by atoms with Crippen LogP contribution in [0.15, 0.2) is 24.3 Å². The predicted octanol–water partition coefficient (Wildman–Crippen LogP) is 3.21. The second kappa shape index (κ2) is 6.31. The van der Waals surface area contributed by atoms with E-state index < -0.39 is 0 Å². The van der Waals surface area contributed by atoms with Crippen LogP contribution in [0.2, 0.25) is 0 Å². The first-order valence-corrected chi connectivity index (χ1v) is 9.53. The summed E-state index contributed by atoms with van der Waals surface area (Å²) in [6.07, 6.45) is 1.23. The summed E-state index contributed by atoms with van der Waals surface area (Å²) in [6.45, 7) is 5.21. The minimum Gasteiger partial charge on any atom is -0.504 e. The molecule has 3 heterocycles. The van der Waals surface area contributed by atoms with Crippen molar-refractivity contribution in [2.45, 2.75) is 19.4 Å². The van der Waals surface area contributed by atoms with E-state index in [4.69, 9.17) is 14.5 Å². The highest BCUT2D eigenvalue weighted by Crippen LogP contribution is 2.44. The molecule has 2 N–H and O–H groups in total. The van der Waals surface area contributed by atoms with Crippen LogP contribution in [0.1, 0.15) is 18.0 Å². The van der Waals surface area contributed by atoms with Gasteiger partial charge in [-0.15, -0.1) is 0 Å². The first-order valence-electron chi connectivity index (χ1n) is 9.53. The minimum atomic E-state index is -0.251. The van der Waals surface area contributed by atoms with Crippen LogP contribution in [0, 0.1) is 6.92 Å². The molecule has 0 bridgehead atoms. The number of benzene rings is 2. The lowest BCUT2D eigenvalue weighted by atomic mass is 10.0. The smallest absolute Gasteiger partial charge is 0.200 e. The van der Waals surface area contributed by atoms with Crippen LogP contribution in [0.3, 0.4) is 0 Å². The van der Waals surface area contributed by atoms with Crippen molar-refractivity contribution in [2.24, 2.45) is 0 Å². The van der Waals surface area contributed by atoms with Gasteiger partial charge in [-0.25, -0.2) is 4.98 Å². The minimum absolute atomic E-state index is 0.181. The Morgan fingerprint density at radius 2 is 1.93 bits per heavy atom. The van der Waals surface area contributed by atoms with Gasteiger partial charge >= 0.3 is 0 Å². The summed E-state index contributed by atoms with van der Waals surface area (Å²) in [4.78, 5) is 7.23. The van der Waals surface area contributed by atoms with Crippen LogP contribution in [0.5, 0.6) is 17.2 Å². The van der Waals surface area contributed by atoms with Gasteiger partial charge in [0.1, 0.15) is 5.82 Å². The number of phenolic OH excluding ortho intramolecular Hbond substituents is 2. The summed E-state index contributed by atoms with van der Waals surface area (Å²) in [7, 11) is 1.47. The van der Waals surface area contributed by atoms with Crippen LogP contribution >= 0.6 is 0 Å². The standard InChI is InChI=1S/C21H23N3O4/c1-12-15(9-18(27-2)20(26)19(12)25)21-22-16-5-4-13(23-6-3-7-23)8-17(16)24(21)14-10-28-11-14/h4-5,8-9,14,25-26H,3,6-7,10-11H2,1-2H3. The largest absolute Gasteiger partial charge is 0.504 e. The van der Waals surface area contributed by atoms with Crippen LogP contribution in [-0.4, -0.2) is 53.2 Å². The van der Waals surface area contributed by atoms with Gasteiger partial charge in [0.25, 0.3) is 0 Å². The Kier molecular flexibility index (Phi) is 3.87. The van der Waals surface area contributed by atoms with E-state index in [1.165, 1.54) is 19.2 Å². The number of rotatable bonds is 4. The number of imidazole rings is 1. The normalized spacial score (nSPS) is 16.9. The van der Waals surface area contributed by atoms with E-state index in [9.17, 15) is 10.2 Å². The maximum Gasteiger partial charge on any atom is 0.200 e. The topological polar surface area (TPSA) is 80.0 Å². The third-order valence-electron chi connectivity index (χ3n) is 5.83. The van der Waals surface area contributed by atoms with Gasteiger partial charge in [0, 0.05) is 29.9 Å². The lowest BCUT2D eigenvalue weighted by Gasteiger charge is -2.33. The Morgan fingerprint density at radius 1 is 1.14 bits per heavy atom. The van der Waals surface area contributed by atoms with Crippen LogP contribution in [0.4, 0.5) is 5.69 Å². The van der Waals surface area contributed by atoms with E-state index in [0.29, 0.717) is 18.8 Å². The number of phenols is 2. The quantitative estimate of drug-likeness (QED) is 0.676. The molecule has 0 aliphatic carbocycles. The Labute approximate surface area is 162 Å². The molecule has 0 unspecified atom stereocenters. The van der Waals surface area contributed by atoms with Gasteiger partial charge in [0.15, 0.2) is 11.5 Å². The van der Waals surface area contributed by atoms with Gasteiger partial charge in [-0.3, -0.25) is 0 Å². The van der Waals surface area contributed by atoms with E-state index in [1.54, 1.807) is 13.0 Å². The zero-order valence-corrected chi connectivity index (χ0v) is 16.0. The summed E-state index contributed by atoms with van der Waals surface area (Å²) in [5.41, 5.74) is 4.46. The van der Waals surface area contributed by atoms with Gasteiger partial charge in [-0.05, 0) is 37.6 Å². The highest BCUT2D eigenvalue weighted by molar-refractivity contribution is 5.86. The average molecular weight is 381 g/mol. The number of nitrogens with zero attached hydrogens (tertiary/aromatic N) is 3. The summed E-state index contributed by atoms with van der Waals surface area (Å²) in [5, 5.41) is 20.5. The average Bonchev–Trinajstić information content (AvgIpc) is 2.96. The van der Waals surface area contributed by atoms with Gasteiger partial charge in [-0.1, -0.05) is 0 Å². The molecule has 0 amide bonds. The van der Waals surface area contributed by atoms with Crippen LogP contribution in [-0.2, 0) is 4.74 Å². The van der Waals surface area contributed by atoms with Crippen molar-refractivity contribution in [3.8, 4) is 28.6 Å². The Bertz CT molecular complexity index is 1070. The maximum atomic E-state index is 10.4. The summed E-state index contributed by atoms with van der Waals surface area (Å²) in [6, 6.07) is 8.28. The highest BCUT2D eigenvalue weighted by Gasteiger charge is 2.29.